The zero-order valence-electron chi connectivity index (χ0n) is 10.9. The quantitative estimate of drug-likeness (QED) is 0.788. The van der Waals surface area contributed by atoms with Crippen LogP contribution in [0.4, 0.5) is 0 Å². The van der Waals surface area contributed by atoms with Gasteiger partial charge in [0, 0.05) is 11.6 Å². The van der Waals surface area contributed by atoms with Crippen LogP contribution in [0.5, 0.6) is 5.88 Å². The Morgan fingerprint density at radius 1 is 1.44 bits per heavy atom. The highest BCUT2D eigenvalue weighted by Crippen LogP contribution is 2.19. The normalized spacial score (nSPS) is 12.3. The average molecular weight is 270 g/mol. The number of halogens is 1. The van der Waals surface area contributed by atoms with Crippen molar-refractivity contribution in [1.82, 2.24) is 24.5 Å². The first-order valence-electron chi connectivity index (χ1n) is 5.57. The van der Waals surface area contributed by atoms with Gasteiger partial charge in [0.15, 0.2) is 0 Å². The van der Waals surface area contributed by atoms with Crippen molar-refractivity contribution in [1.29, 1.82) is 0 Å². The number of rotatable bonds is 4. The molecule has 0 N–H and O–H groups in total. The molecule has 0 fully saturated rings. The third kappa shape index (κ3) is 2.54. The summed E-state index contributed by atoms with van der Waals surface area (Å²) in [5.74, 6) is 0.970. The molecule has 0 aliphatic carbocycles. The van der Waals surface area contributed by atoms with E-state index in [1.54, 1.807) is 6.07 Å². The number of fused-ring (bicyclic) bond motifs is 1. The minimum Gasteiger partial charge on any atom is -0.476 e. The smallest absolute Gasteiger partial charge is 0.256 e. The highest BCUT2D eigenvalue weighted by molar-refractivity contribution is 6.29. The Hall–Kier alpha value is -1.40. The van der Waals surface area contributed by atoms with Crippen molar-refractivity contribution in [3.63, 3.8) is 0 Å². The van der Waals surface area contributed by atoms with Gasteiger partial charge in [-0.25, -0.2) is 0 Å². The van der Waals surface area contributed by atoms with Crippen LogP contribution in [0.15, 0.2) is 12.4 Å². The summed E-state index contributed by atoms with van der Waals surface area (Å²) in [7, 11) is 4.02. The number of likely N-dealkylation sites (N-methyl/N-ethyl adjacent to an activating group) is 1. The van der Waals surface area contributed by atoms with Gasteiger partial charge in [0.25, 0.3) is 5.78 Å². The van der Waals surface area contributed by atoms with Crippen molar-refractivity contribution < 1.29 is 4.74 Å². The van der Waals surface area contributed by atoms with Gasteiger partial charge >= 0.3 is 0 Å². The fourth-order valence-electron chi connectivity index (χ4n) is 1.24. The van der Waals surface area contributed by atoms with Gasteiger partial charge in [-0.15, -0.1) is 0 Å². The van der Waals surface area contributed by atoms with Gasteiger partial charge in [0.05, 0.1) is 0 Å². The zero-order chi connectivity index (χ0) is 13.3. The van der Waals surface area contributed by atoms with E-state index in [4.69, 9.17) is 16.3 Å². The monoisotopic (exact) mass is 269 g/mol. The van der Waals surface area contributed by atoms with Crippen LogP contribution in [0.25, 0.3) is 5.78 Å². The standard InChI is InChI=1S/C11H16ClN5O/c1-11(2,16(3)4)6-18-9-5-8(12)15-10-13-7-14-17(9)10/h5,7H,6H2,1-4H3. The van der Waals surface area contributed by atoms with Crippen molar-refractivity contribution >= 4 is 17.4 Å². The molecule has 0 saturated carbocycles. The number of hydrogen-bond acceptors (Lipinski definition) is 5. The maximum absolute atomic E-state index is 5.91. The molecule has 0 saturated heterocycles. The molecule has 2 rings (SSSR count). The van der Waals surface area contributed by atoms with Gasteiger partial charge in [-0.1, -0.05) is 11.6 Å². The molecule has 0 aliphatic heterocycles. The number of nitrogens with zero attached hydrogens (tertiary/aromatic N) is 5. The summed E-state index contributed by atoms with van der Waals surface area (Å²) >= 11 is 5.91. The molecule has 0 aromatic carbocycles. The van der Waals surface area contributed by atoms with E-state index in [0.717, 1.165) is 0 Å². The third-order valence-electron chi connectivity index (χ3n) is 2.97. The lowest BCUT2D eigenvalue weighted by Crippen LogP contribution is -2.43. The largest absolute Gasteiger partial charge is 0.476 e. The summed E-state index contributed by atoms with van der Waals surface area (Å²) in [4.78, 5) is 10.1. The van der Waals surface area contributed by atoms with E-state index in [0.29, 0.717) is 23.4 Å². The van der Waals surface area contributed by atoms with Crippen LogP contribution in [-0.2, 0) is 0 Å². The topological polar surface area (TPSA) is 55.5 Å². The molecule has 98 valence electrons. The fraction of sp³-hybridized carbons (Fsp3) is 0.545. The van der Waals surface area contributed by atoms with Crippen LogP contribution < -0.4 is 4.74 Å². The highest BCUT2D eigenvalue weighted by atomic mass is 35.5. The minimum atomic E-state index is -0.0946. The Morgan fingerprint density at radius 2 is 2.17 bits per heavy atom. The molecule has 2 aromatic heterocycles. The number of ether oxygens (including phenoxy) is 1. The van der Waals surface area contributed by atoms with E-state index < -0.39 is 0 Å². The number of hydrogen-bond donors (Lipinski definition) is 0. The minimum absolute atomic E-state index is 0.0946. The van der Waals surface area contributed by atoms with Crippen LogP contribution in [0, 0.1) is 0 Å². The SMILES string of the molecule is CN(C)C(C)(C)COc1cc(Cl)nc2ncnn12. The summed E-state index contributed by atoms with van der Waals surface area (Å²) in [6, 6.07) is 1.63. The molecule has 0 amide bonds. The first kappa shape index (κ1) is 13.0. The van der Waals surface area contributed by atoms with E-state index >= 15 is 0 Å². The lowest BCUT2D eigenvalue weighted by molar-refractivity contribution is 0.109. The summed E-state index contributed by atoms with van der Waals surface area (Å²) in [5, 5.41) is 4.39. The van der Waals surface area contributed by atoms with Crippen LogP contribution in [-0.4, -0.2) is 50.7 Å². The summed E-state index contributed by atoms with van der Waals surface area (Å²) in [6.45, 7) is 4.69. The molecule has 6 nitrogen and oxygen atoms in total. The summed E-state index contributed by atoms with van der Waals surface area (Å²) < 4.78 is 7.30. The molecule has 18 heavy (non-hydrogen) atoms. The Bertz CT molecular complexity index is 551. The average Bonchev–Trinajstić information content (AvgIpc) is 2.73. The Morgan fingerprint density at radius 3 is 2.83 bits per heavy atom. The maximum atomic E-state index is 5.91. The Kier molecular flexibility index (Phi) is 3.41. The molecule has 0 atom stereocenters. The second-order valence-corrected chi connectivity index (χ2v) is 5.27. The fourth-order valence-corrected chi connectivity index (χ4v) is 1.41. The van der Waals surface area contributed by atoms with Crippen molar-refractivity contribution in [2.75, 3.05) is 20.7 Å². The van der Waals surface area contributed by atoms with E-state index in [2.05, 4.69) is 33.8 Å². The first-order valence-corrected chi connectivity index (χ1v) is 5.94. The Balaban J connectivity index is 2.24. The molecular weight excluding hydrogens is 254 g/mol. The second kappa shape index (κ2) is 4.70. The van der Waals surface area contributed by atoms with Crippen LogP contribution in [0.2, 0.25) is 5.15 Å². The highest BCUT2D eigenvalue weighted by Gasteiger charge is 2.22. The molecular formula is C11H16ClN5O. The van der Waals surface area contributed by atoms with E-state index in [1.807, 2.05) is 14.1 Å². The van der Waals surface area contributed by atoms with Gasteiger partial charge in [0.2, 0.25) is 5.88 Å². The predicted molar refractivity (Wildman–Crippen MR) is 69.1 cm³/mol. The molecule has 2 heterocycles. The first-order chi connectivity index (χ1) is 8.40. The second-order valence-electron chi connectivity index (χ2n) is 4.88. The van der Waals surface area contributed by atoms with E-state index in [9.17, 15) is 0 Å². The molecule has 7 heteroatoms. The van der Waals surface area contributed by atoms with Crippen molar-refractivity contribution in [3.05, 3.63) is 17.5 Å². The summed E-state index contributed by atoms with van der Waals surface area (Å²) in [6.07, 6.45) is 1.42. The van der Waals surface area contributed by atoms with Gasteiger partial charge < -0.3 is 9.64 Å². The van der Waals surface area contributed by atoms with E-state index in [1.165, 1.54) is 10.8 Å². The van der Waals surface area contributed by atoms with Crippen molar-refractivity contribution in [2.45, 2.75) is 19.4 Å². The van der Waals surface area contributed by atoms with Crippen molar-refractivity contribution in [3.8, 4) is 5.88 Å². The van der Waals surface area contributed by atoms with Gasteiger partial charge in [-0.2, -0.15) is 19.6 Å². The molecule has 0 spiro atoms. The van der Waals surface area contributed by atoms with Gasteiger partial charge in [0.1, 0.15) is 18.1 Å². The predicted octanol–water partition coefficient (Wildman–Crippen LogP) is 1.50. The van der Waals surface area contributed by atoms with Crippen LogP contribution in [0.3, 0.4) is 0 Å². The molecule has 0 bridgehead atoms. The van der Waals surface area contributed by atoms with Gasteiger partial charge in [-0.05, 0) is 27.9 Å². The lowest BCUT2D eigenvalue weighted by atomic mass is 10.1. The maximum Gasteiger partial charge on any atom is 0.256 e. The van der Waals surface area contributed by atoms with Crippen LogP contribution in [0.1, 0.15) is 13.8 Å². The van der Waals surface area contributed by atoms with Gasteiger partial charge in [-0.3, -0.25) is 0 Å². The van der Waals surface area contributed by atoms with Crippen molar-refractivity contribution in [2.24, 2.45) is 0 Å². The lowest BCUT2D eigenvalue weighted by Gasteiger charge is -2.32. The molecule has 0 unspecified atom stereocenters. The zero-order valence-corrected chi connectivity index (χ0v) is 11.6. The number of aromatic nitrogens is 4. The molecule has 2 aromatic rings. The van der Waals surface area contributed by atoms with Crippen LogP contribution >= 0.6 is 11.6 Å². The van der Waals surface area contributed by atoms with E-state index in [-0.39, 0.29) is 5.54 Å². The summed E-state index contributed by atoms with van der Waals surface area (Å²) in [5.41, 5.74) is -0.0946. The molecule has 0 radical (unpaired) electrons. The third-order valence-corrected chi connectivity index (χ3v) is 3.17. The molecule has 0 aliphatic rings. The Labute approximate surface area is 111 Å².